The maximum Gasteiger partial charge on any atom is 0.119 e. The first-order valence-electron chi connectivity index (χ1n) is 7.67. The molecule has 2 unspecified atom stereocenters. The smallest absolute Gasteiger partial charge is 0.119 e. The molecule has 1 saturated carbocycles. The van der Waals surface area contributed by atoms with Crippen LogP contribution in [-0.2, 0) is 6.54 Å². The van der Waals surface area contributed by atoms with Gasteiger partial charge >= 0.3 is 0 Å². The zero-order valence-corrected chi connectivity index (χ0v) is 12.8. The summed E-state index contributed by atoms with van der Waals surface area (Å²) in [6, 6.07) is 8.50. The molecule has 0 bridgehead atoms. The summed E-state index contributed by atoms with van der Waals surface area (Å²) in [5.41, 5.74) is 1.25. The highest BCUT2D eigenvalue weighted by Crippen LogP contribution is 2.37. The summed E-state index contributed by atoms with van der Waals surface area (Å²) < 4.78 is 5.53. The third-order valence-electron chi connectivity index (χ3n) is 4.43. The van der Waals surface area contributed by atoms with Crippen LogP contribution in [0.2, 0.25) is 0 Å². The van der Waals surface area contributed by atoms with Crippen molar-refractivity contribution >= 4 is 0 Å². The van der Waals surface area contributed by atoms with Gasteiger partial charge in [0.2, 0.25) is 0 Å². The number of benzene rings is 1. The van der Waals surface area contributed by atoms with Gasteiger partial charge in [-0.05, 0) is 30.5 Å². The quantitative estimate of drug-likeness (QED) is 0.598. The van der Waals surface area contributed by atoms with Crippen LogP contribution in [-0.4, -0.2) is 24.4 Å². The molecular formula is C18H25NO2. The SMILES string of the molecule is C#CCCOc1ccc(CNC2CCCC2(C)CO)cc1. The Bertz CT molecular complexity index is 477. The van der Waals surface area contributed by atoms with Crippen molar-refractivity contribution in [1.29, 1.82) is 0 Å². The molecule has 2 rings (SSSR count). The standard InChI is InChI=1S/C18H25NO2/c1-3-4-12-21-16-9-7-15(8-10-16)13-19-17-6-5-11-18(17,2)14-20/h1,7-10,17,19-20H,4-6,11-14H2,2H3. The van der Waals surface area contributed by atoms with E-state index in [2.05, 4.69) is 30.3 Å². The van der Waals surface area contributed by atoms with Gasteiger partial charge < -0.3 is 15.2 Å². The Morgan fingerprint density at radius 1 is 1.43 bits per heavy atom. The van der Waals surface area contributed by atoms with E-state index in [4.69, 9.17) is 11.2 Å². The number of hydrogen-bond acceptors (Lipinski definition) is 3. The van der Waals surface area contributed by atoms with E-state index in [1.807, 2.05) is 12.1 Å². The second-order valence-corrected chi connectivity index (χ2v) is 6.08. The maximum atomic E-state index is 9.56. The Labute approximate surface area is 127 Å². The molecule has 0 saturated heterocycles. The molecule has 0 amide bonds. The molecule has 0 aliphatic heterocycles. The lowest BCUT2D eigenvalue weighted by Crippen LogP contribution is -2.41. The van der Waals surface area contributed by atoms with Gasteiger partial charge in [0.25, 0.3) is 0 Å². The Balaban J connectivity index is 1.82. The number of nitrogens with one attached hydrogen (secondary N) is 1. The molecular weight excluding hydrogens is 262 g/mol. The van der Waals surface area contributed by atoms with Gasteiger partial charge in [0.15, 0.2) is 0 Å². The lowest BCUT2D eigenvalue weighted by atomic mass is 9.86. The van der Waals surface area contributed by atoms with Crippen molar-refractivity contribution in [2.24, 2.45) is 5.41 Å². The summed E-state index contributed by atoms with van der Waals surface area (Å²) in [6.07, 6.45) is 9.26. The molecule has 0 radical (unpaired) electrons. The van der Waals surface area contributed by atoms with Gasteiger partial charge in [-0.3, -0.25) is 0 Å². The van der Waals surface area contributed by atoms with E-state index >= 15 is 0 Å². The Kier molecular flexibility index (Phi) is 5.67. The van der Waals surface area contributed by atoms with E-state index in [1.165, 1.54) is 12.0 Å². The summed E-state index contributed by atoms with van der Waals surface area (Å²) in [6.45, 7) is 3.81. The molecule has 1 aliphatic carbocycles. The Morgan fingerprint density at radius 2 is 2.19 bits per heavy atom. The van der Waals surface area contributed by atoms with E-state index in [0.717, 1.165) is 25.1 Å². The van der Waals surface area contributed by atoms with E-state index in [0.29, 0.717) is 19.1 Å². The average Bonchev–Trinajstić information content (AvgIpc) is 2.88. The third kappa shape index (κ3) is 4.23. The number of aliphatic hydroxyl groups excluding tert-OH is 1. The average molecular weight is 287 g/mol. The molecule has 1 aliphatic rings. The molecule has 0 aromatic heterocycles. The first-order valence-corrected chi connectivity index (χ1v) is 7.67. The van der Waals surface area contributed by atoms with E-state index < -0.39 is 0 Å². The lowest BCUT2D eigenvalue weighted by Gasteiger charge is -2.30. The van der Waals surface area contributed by atoms with Crippen LogP contribution in [0.3, 0.4) is 0 Å². The van der Waals surface area contributed by atoms with E-state index in [9.17, 15) is 5.11 Å². The highest BCUT2D eigenvalue weighted by Gasteiger charge is 2.37. The summed E-state index contributed by atoms with van der Waals surface area (Å²) in [4.78, 5) is 0. The van der Waals surface area contributed by atoms with Crippen molar-refractivity contribution in [2.45, 2.75) is 45.2 Å². The van der Waals surface area contributed by atoms with E-state index in [1.54, 1.807) is 0 Å². The Hall–Kier alpha value is -1.50. The second-order valence-electron chi connectivity index (χ2n) is 6.08. The fourth-order valence-electron chi connectivity index (χ4n) is 2.94. The molecule has 0 heterocycles. The summed E-state index contributed by atoms with van der Waals surface area (Å²) in [5, 5.41) is 13.1. The summed E-state index contributed by atoms with van der Waals surface area (Å²) in [5.74, 6) is 3.42. The number of aliphatic hydroxyl groups is 1. The summed E-state index contributed by atoms with van der Waals surface area (Å²) >= 11 is 0. The number of ether oxygens (including phenoxy) is 1. The minimum absolute atomic E-state index is 0.0261. The molecule has 0 spiro atoms. The van der Waals surface area contributed by atoms with Gasteiger partial charge in [-0.25, -0.2) is 0 Å². The van der Waals surface area contributed by atoms with Crippen molar-refractivity contribution in [2.75, 3.05) is 13.2 Å². The predicted octanol–water partition coefficient (Wildman–Crippen LogP) is 2.73. The van der Waals surface area contributed by atoms with Crippen LogP contribution in [0.25, 0.3) is 0 Å². The molecule has 1 aromatic carbocycles. The van der Waals surface area contributed by atoms with Gasteiger partial charge in [0.1, 0.15) is 5.75 Å². The fourth-order valence-corrected chi connectivity index (χ4v) is 2.94. The Morgan fingerprint density at radius 3 is 2.86 bits per heavy atom. The lowest BCUT2D eigenvalue weighted by molar-refractivity contribution is 0.118. The van der Waals surface area contributed by atoms with Crippen molar-refractivity contribution in [3.63, 3.8) is 0 Å². The maximum absolute atomic E-state index is 9.56. The highest BCUT2D eigenvalue weighted by molar-refractivity contribution is 5.27. The van der Waals surface area contributed by atoms with Crippen LogP contribution >= 0.6 is 0 Å². The van der Waals surface area contributed by atoms with Gasteiger partial charge in [-0.2, -0.15) is 0 Å². The van der Waals surface area contributed by atoms with Crippen LogP contribution in [0, 0.1) is 17.8 Å². The van der Waals surface area contributed by atoms with Gasteiger partial charge in [-0.15, -0.1) is 12.3 Å². The van der Waals surface area contributed by atoms with Gasteiger partial charge in [0, 0.05) is 31.0 Å². The predicted molar refractivity (Wildman–Crippen MR) is 85.1 cm³/mol. The van der Waals surface area contributed by atoms with Crippen LogP contribution < -0.4 is 10.1 Å². The van der Waals surface area contributed by atoms with Crippen molar-refractivity contribution in [1.82, 2.24) is 5.32 Å². The zero-order valence-electron chi connectivity index (χ0n) is 12.8. The van der Waals surface area contributed by atoms with Gasteiger partial charge in [-0.1, -0.05) is 25.5 Å². The minimum Gasteiger partial charge on any atom is -0.493 e. The first-order chi connectivity index (χ1) is 10.2. The van der Waals surface area contributed by atoms with Crippen LogP contribution in [0.1, 0.15) is 38.2 Å². The number of hydrogen-bond donors (Lipinski definition) is 2. The largest absolute Gasteiger partial charge is 0.493 e. The minimum atomic E-state index is 0.0261. The molecule has 114 valence electrons. The molecule has 3 heteroatoms. The van der Waals surface area contributed by atoms with Crippen molar-refractivity contribution in [3.8, 4) is 18.1 Å². The molecule has 2 N–H and O–H groups in total. The van der Waals surface area contributed by atoms with Crippen LogP contribution in [0.15, 0.2) is 24.3 Å². The fraction of sp³-hybridized carbons (Fsp3) is 0.556. The topological polar surface area (TPSA) is 41.5 Å². The van der Waals surface area contributed by atoms with Crippen molar-refractivity contribution < 1.29 is 9.84 Å². The first kappa shape index (κ1) is 15.9. The second kappa shape index (κ2) is 7.49. The van der Waals surface area contributed by atoms with Gasteiger partial charge in [0.05, 0.1) is 6.61 Å². The van der Waals surface area contributed by atoms with Crippen LogP contribution in [0.4, 0.5) is 0 Å². The third-order valence-corrected chi connectivity index (χ3v) is 4.43. The molecule has 21 heavy (non-hydrogen) atoms. The molecule has 3 nitrogen and oxygen atoms in total. The zero-order chi connectivity index (χ0) is 15.1. The molecule has 2 atom stereocenters. The normalized spacial score (nSPS) is 24.7. The molecule has 1 fully saturated rings. The molecule has 1 aromatic rings. The summed E-state index contributed by atoms with van der Waals surface area (Å²) in [7, 11) is 0. The number of terminal acetylenes is 1. The van der Waals surface area contributed by atoms with Crippen LogP contribution in [0.5, 0.6) is 5.75 Å². The number of rotatable bonds is 7. The van der Waals surface area contributed by atoms with Crippen molar-refractivity contribution in [3.05, 3.63) is 29.8 Å². The monoisotopic (exact) mass is 287 g/mol. The highest BCUT2D eigenvalue weighted by atomic mass is 16.5. The van der Waals surface area contributed by atoms with E-state index in [-0.39, 0.29) is 12.0 Å².